The Morgan fingerprint density at radius 2 is 1.89 bits per heavy atom. The minimum Gasteiger partial charge on any atom is -0.466 e. The van der Waals surface area contributed by atoms with Gasteiger partial charge in [0, 0.05) is 59.6 Å². The number of nitrogens with zero attached hydrogens (tertiary/aromatic N) is 9. The summed E-state index contributed by atoms with van der Waals surface area (Å²) < 4.78 is 17.8. The van der Waals surface area contributed by atoms with Crippen LogP contribution in [0.4, 0.5) is 16.3 Å². The van der Waals surface area contributed by atoms with Crippen molar-refractivity contribution in [2.45, 2.75) is 50.6 Å². The van der Waals surface area contributed by atoms with Crippen LogP contribution in [0.5, 0.6) is 5.75 Å². The first-order chi connectivity index (χ1) is 25.7. The summed E-state index contributed by atoms with van der Waals surface area (Å²) in [6.07, 6.45) is -2.11. The van der Waals surface area contributed by atoms with Crippen LogP contribution in [0.3, 0.4) is 0 Å². The van der Waals surface area contributed by atoms with Gasteiger partial charge < -0.3 is 54.0 Å². The van der Waals surface area contributed by atoms with Crippen molar-refractivity contribution >= 4 is 51.9 Å². The van der Waals surface area contributed by atoms with Gasteiger partial charge in [0.25, 0.3) is 11.7 Å². The molecule has 3 N–H and O–H groups in total. The number of nitro groups is 1. The van der Waals surface area contributed by atoms with Crippen molar-refractivity contribution in [3.63, 3.8) is 0 Å². The summed E-state index contributed by atoms with van der Waals surface area (Å²) >= 11 is 5.42. The first-order valence-corrected chi connectivity index (χ1v) is 17.5. The van der Waals surface area contributed by atoms with Crippen molar-refractivity contribution in [1.82, 2.24) is 29.2 Å². The van der Waals surface area contributed by atoms with E-state index < -0.39 is 35.2 Å². The van der Waals surface area contributed by atoms with Gasteiger partial charge in [-0.25, -0.2) is 21.3 Å². The predicted molar refractivity (Wildman–Crippen MR) is 196 cm³/mol. The van der Waals surface area contributed by atoms with Gasteiger partial charge in [-0.15, -0.1) is 0 Å². The van der Waals surface area contributed by atoms with Crippen LogP contribution in [0.15, 0.2) is 36.8 Å². The van der Waals surface area contributed by atoms with E-state index in [2.05, 4.69) is 21.7 Å². The van der Waals surface area contributed by atoms with Gasteiger partial charge in [0.05, 0.1) is 23.0 Å². The lowest BCUT2D eigenvalue weighted by Gasteiger charge is -2.41. The van der Waals surface area contributed by atoms with Crippen LogP contribution in [0.25, 0.3) is 15.9 Å². The summed E-state index contributed by atoms with van der Waals surface area (Å²) in [4.78, 5) is 56.2. The Morgan fingerprint density at radius 1 is 1.15 bits per heavy atom. The number of hydrogen-bond donors (Lipinski definition) is 3. The molecule has 2 aliphatic heterocycles. The Labute approximate surface area is 316 Å². The highest BCUT2D eigenvalue weighted by atomic mass is 32.1. The van der Waals surface area contributed by atoms with E-state index in [1.54, 1.807) is 36.2 Å². The lowest BCUT2D eigenvalue weighted by molar-refractivity contribution is -0.386. The van der Waals surface area contributed by atoms with E-state index in [9.17, 15) is 35.0 Å². The molecule has 5 rings (SSSR count). The van der Waals surface area contributed by atoms with E-state index >= 15 is 0 Å². The number of aliphatic hydroxyl groups excluding tert-OH is 3. The maximum atomic E-state index is 13.6. The number of thiocarbonyl (C=S) groups is 1. The van der Waals surface area contributed by atoms with E-state index in [1.807, 2.05) is 11.9 Å². The number of rotatable bonds is 11. The number of likely N-dealkylation sites (N-methyl/N-ethyl adjacent to an activating group) is 3. The number of nitro benzene ring substituents is 1. The number of amides is 2. The fourth-order valence-electron chi connectivity index (χ4n) is 6.31. The number of carbonyl (C=O) groups is 2. The van der Waals surface area contributed by atoms with Crippen LogP contribution in [0.2, 0.25) is 0 Å². The molecule has 2 fully saturated rings. The summed E-state index contributed by atoms with van der Waals surface area (Å²) in [5.41, 5.74) is 0.380. The minimum absolute atomic E-state index is 0.0536. The molecule has 2 saturated heterocycles. The zero-order valence-corrected chi connectivity index (χ0v) is 31.0. The lowest BCUT2D eigenvalue weighted by Crippen LogP contribution is -2.54. The molecular weight excluding hydrogens is 726 g/mol. The average Bonchev–Trinajstić information content (AvgIpc) is 3.60. The Kier molecular flexibility index (Phi) is 12.8. The first kappa shape index (κ1) is 40.0. The monoisotopic (exact) mass is 769 g/mol. The number of carbonyl (C=O) groups excluding carboxylic acids is 2. The second-order valence-corrected chi connectivity index (χ2v) is 13.7. The van der Waals surface area contributed by atoms with Crippen molar-refractivity contribution in [3.05, 3.63) is 63.9 Å². The number of hydrogen-bond acceptors (Lipinski definition) is 14. The number of ether oxygens (including phenoxy) is 3. The zero-order valence-electron chi connectivity index (χ0n) is 30.2. The molecule has 2 aliphatic rings. The fraction of sp³-hybridized carbons (Fsp3) is 0.529. The summed E-state index contributed by atoms with van der Waals surface area (Å²) in [7, 11) is 5.23. The molecule has 290 valence electrons. The molecule has 6 atom stereocenters. The second kappa shape index (κ2) is 17.3. The molecule has 20 heteroatoms. The number of likely N-dealkylation sites (tertiary alicyclic amines) is 1. The van der Waals surface area contributed by atoms with E-state index in [0.29, 0.717) is 42.0 Å². The molecule has 0 spiro atoms. The summed E-state index contributed by atoms with van der Waals surface area (Å²) in [5.74, 6) is 0.469. The van der Waals surface area contributed by atoms with E-state index in [1.165, 1.54) is 34.0 Å². The molecular formula is C34H43N9O10S. The van der Waals surface area contributed by atoms with Crippen molar-refractivity contribution in [1.29, 1.82) is 0 Å². The highest BCUT2D eigenvalue weighted by Gasteiger charge is 2.40. The largest absolute Gasteiger partial charge is 0.466 e. The smallest absolute Gasteiger partial charge is 0.329 e. The molecule has 2 aromatic heterocycles. The molecule has 0 saturated carbocycles. The Bertz CT molecular complexity index is 1910. The van der Waals surface area contributed by atoms with Crippen LogP contribution >= 0.6 is 12.2 Å². The number of aliphatic hydroxyl groups is 3. The Balaban J connectivity index is 1.16. The van der Waals surface area contributed by atoms with Crippen molar-refractivity contribution in [2.75, 3.05) is 65.4 Å². The van der Waals surface area contributed by atoms with E-state index in [0.717, 1.165) is 6.42 Å². The standard InChI is InChI=1S/C34H43N9O10S/c1-20-8-10-41(27(45)15-35-2)16-24(20)40(5)30-22-9-11-42(31(22)37-19-36-30)33(48)38(3)12-13-39(4)34(54)52-17-21-6-7-26(23(14-21)43(49)50)53-32-29(47)28(46)25(44)18-51-32/h6-7,9,11,14,19-20,24-25,28-29,32,44,46-47H,8,10,12-13,15-18H2,1,3-5H3/t20-,24+,25-,28+,29-,32+/m1/s1. The topological polar surface area (TPSA) is 214 Å². The molecule has 1 aromatic carbocycles. The SMILES string of the molecule is [C-]#[N+]CC(=O)N1CC[C@@H](C)[C@@H](N(C)c2ncnc3c2ccn3C(=O)N(C)CCN(C)C(=S)OCc2ccc(O[C@@H]3OC[C@@H](O)[C@H](O)[C@H]3O)c([N+](=O)[O-])c2)C1. The Hall–Kier alpha value is -5.20. The van der Waals surface area contributed by atoms with Crippen LogP contribution in [0, 0.1) is 22.6 Å². The van der Waals surface area contributed by atoms with Crippen LogP contribution in [-0.4, -0.2) is 158 Å². The summed E-state index contributed by atoms with van der Waals surface area (Å²) in [5, 5.41) is 42.2. The van der Waals surface area contributed by atoms with Gasteiger partial charge in [0.15, 0.2) is 11.4 Å². The highest BCUT2D eigenvalue weighted by Crippen LogP contribution is 2.32. The molecule has 0 unspecified atom stereocenters. The van der Waals surface area contributed by atoms with Gasteiger partial charge in [0.1, 0.15) is 37.1 Å². The van der Waals surface area contributed by atoms with E-state index in [-0.39, 0.29) is 61.1 Å². The molecule has 54 heavy (non-hydrogen) atoms. The first-order valence-electron chi connectivity index (χ1n) is 17.1. The summed E-state index contributed by atoms with van der Waals surface area (Å²) in [6.45, 7) is 10.2. The average molecular weight is 770 g/mol. The third-order valence-corrected chi connectivity index (χ3v) is 10.1. The zero-order chi connectivity index (χ0) is 39.3. The third kappa shape index (κ3) is 8.77. The fourth-order valence-corrected chi connectivity index (χ4v) is 6.46. The van der Waals surface area contributed by atoms with Gasteiger partial charge in [-0.1, -0.05) is 13.0 Å². The van der Waals surface area contributed by atoms with Gasteiger partial charge in [0.2, 0.25) is 6.29 Å². The highest BCUT2D eigenvalue weighted by molar-refractivity contribution is 7.80. The second-order valence-electron chi connectivity index (χ2n) is 13.3. The number of benzene rings is 1. The van der Waals surface area contributed by atoms with Crippen molar-refractivity contribution in [2.24, 2.45) is 5.92 Å². The van der Waals surface area contributed by atoms with Crippen LogP contribution in [0.1, 0.15) is 18.9 Å². The molecule has 0 aliphatic carbocycles. The van der Waals surface area contributed by atoms with Crippen molar-refractivity contribution < 1.29 is 44.0 Å². The third-order valence-electron chi connectivity index (χ3n) is 9.67. The normalized spacial score (nSPS) is 22.6. The molecule has 3 aromatic rings. The van der Waals surface area contributed by atoms with E-state index in [4.69, 9.17) is 33.0 Å². The maximum absolute atomic E-state index is 13.6. The number of anilines is 1. The maximum Gasteiger partial charge on any atom is 0.329 e. The number of fused-ring (bicyclic) bond motifs is 1. The molecule has 0 radical (unpaired) electrons. The number of aromatic nitrogens is 3. The summed E-state index contributed by atoms with van der Waals surface area (Å²) in [6, 6.07) is 5.43. The number of piperidine rings is 1. The van der Waals surface area contributed by atoms with Crippen LogP contribution < -0.4 is 9.64 Å². The van der Waals surface area contributed by atoms with Crippen molar-refractivity contribution in [3.8, 4) is 5.75 Å². The van der Waals surface area contributed by atoms with Gasteiger partial charge in [-0.05, 0) is 42.3 Å². The minimum atomic E-state index is -1.63. The van der Waals surface area contributed by atoms with Crippen LogP contribution in [-0.2, 0) is 20.9 Å². The Morgan fingerprint density at radius 3 is 2.61 bits per heavy atom. The van der Waals surface area contributed by atoms with Gasteiger partial charge in [-0.2, -0.15) is 0 Å². The lowest BCUT2D eigenvalue weighted by atomic mass is 9.92. The molecule has 4 heterocycles. The quantitative estimate of drug-likeness (QED) is 0.108. The predicted octanol–water partition coefficient (Wildman–Crippen LogP) is 1.08. The van der Waals surface area contributed by atoms with Gasteiger partial charge in [-0.3, -0.25) is 19.5 Å². The molecule has 2 amide bonds. The molecule has 0 bridgehead atoms. The van der Waals surface area contributed by atoms with Gasteiger partial charge >= 0.3 is 17.6 Å². The molecule has 19 nitrogen and oxygen atoms in total.